The van der Waals surface area contributed by atoms with Crippen LogP contribution in [0.2, 0.25) is 0 Å². The van der Waals surface area contributed by atoms with E-state index in [-0.39, 0.29) is 5.41 Å². The minimum Gasteiger partial charge on any atom is -0.399 e. The first kappa shape index (κ1) is 13.8. The van der Waals surface area contributed by atoms with E-state index in [4.69, 9.17) is 11.0 Å². The van der Waals surface area contributed by atoms with Gasteiger partial charge in [-0.3, -0.25) is 0 Å². The average molecular weight is 274 g/mol. The van der Waals surface area contributed by atoms with Gasteiger partial charge in [-0.15, -0.1) is 0 Å². The highest BCUT2D eigenvalue weighted by Gasteiger charge is 2.15. The van der Waals surface area contributed by atoms with Crippen LogP contribution in [0.15, 0.2) is 23.4 Å². The molecule has 3 N–H and O–H groups in total. The summed E-state index contributed by atoms with van der Waals surface area (Å²) in [6.07, 6.45) is 1.91. The molecule has 100 valence electrons. The summed E-state index contributed by atoms with van der Waals surface area (Å²) >= 11 is 1.69. The summed E-state index contributed by atoms with van der Waals surface area (Å²) in [6.45, 7) is 3.95. The van der Waals surface area contributed by atoms with E-state index < -0.39 is 0 Å². The SMILES string of the molecule is CC(C)(C#N)CCCSc1nc2ccc(N)cc2[nH]1. The largest absolute Gasteiger partial charge is 0.399 e. The number of hydrogen-bond donors (Lipinski definition) is 2. The summed E-state index contributed by atoms with van der Waals surface area (Å²) in [5.74, 6) is 0.959. The number of thioether (sulfide) groups is 1. The van der Waals surface area contributed by atoms with Crippen LogP contribution in [-0.2, 0) is 0 Å². The molecular weight excluding hydrogens is 256 g/mol. The summed E-state index contributed by atoms with van der Waals surface area (Å²) in [5.41, 5.74) is 8.15. The van der Waals surface area contributed by atoms with Crippen molar-refractivity contribution in [2.45, 2.75) is 31.8 Å². The number of nitrogen functional groups attached to an aromatic ring is 1. The molecule has 19 heavy (non-hydrogen) atoms. The van der Waals surface area contributed by atoms with Gasteiger partial charge in [0.1, 0.15) is 0 Å². The lowest BCUT2D eigenvalue weighted by atomic mass is 9.90. The second-order valence-corrected chi connectivity index (χ2v) is 6.35. The van der Waals surface area contributed by atoms with Crippen LogP contribution >= 0.6 is 11.8 Å². The van der Waals surface area contributed by atoms with Crippen molar-refractivity contribution < 1.29 is 0 Å². The second-order valence-electron chi connectivity index (χ2n) is 5.27. The Bertz CT molecular complexity index is 609. The van der Waals surface area contributed by atoms with Gasteiger partial charge >= 0.3 is 0 Å². The smallest absolute Gasteiger partial charge is 0.166 e. The number of benzene rings is 1. The Morgan fingerprint density at radius 2 is 2.26 bits per heavy atom. The molecule has 0 saturated carbocycles. The Morgan fingerprint density at radius 1 is 1.47 bits per heavy atom. The van der Waals surface area contributed by atoms with E-state index in [2.05, 4.69) is 16.0 Å². The minimum atomic E-state index is -0.233. The number of rotatable bonds is 5. The molecule has 0 radical (unpaired) electrons. The highest BCUT2D eigenvalue weighted by atomic mass is 32.2. The van der Waals surface area contributed by atoms with Crippen LogP contribution in [0.25, 0.3) is 11.0 Å². The number of H-pyrrole nitrogens is 1. The molecule has 0 saturated heterocycles. The van der Waals surface area contributed by atoms with Crippen LogP contribution in [0.3, 0.4) is 0 Å². The van der Waals surface area contributed by atoms with Gasteiger partial charge in [0.2, 0.25) is 0 Å². The summed E-state index contributed by atoms with van der Waals surface area (Å²) < 4.78 is 0. The molecule has 0 spiro atoms. The van der Waals surface area contributed by atoms with Crippen molar-refractivity contribution in [2.75, 3.05) is 11.5 Å². The lowest BCUT2D eigenvalue weighted by Gasteiger charge is -2.13. The second kappa shape index (κ2) is 5.54. The number of aromatic nitrogens is 2. The Hall–Kier alpha value is -1.67. The molecular formula is C14H18N4S. The molecule has 4 nitrogen and oxygen atoms in total. The van der Waals surface area contributed by atoms with Crippen LogP contribution in [0, 0.1) is 16.7 Å². The summed E-state index contributed by atoms with van der Waals surface area (Å²) in [4.78, 5) is 7.75. The predicted octanol–water partition coefficient (Wildman–Crippen LogP) is 3.57. The van der Waals surface area contributed by atoms with Gasteiger partial charge in [0.05, 0.1) is 22.5 Å². The highest BCUT2D eigenvalue weighted by molar-refractivity contribution is 7.99. The van der Waals surface area contributed by atoms with Gasteiger partial charge in [-0.2, -0.15) is 5.26 Å². The number of aromatic amines is 1. The van der Waals surface area contributed by atoms with Crippen molar-refractivity contribution >= 4 is 28.5 Å². The van der Waals surface area contributed by atoms with Gasteiger partial charge < -0.3 is 10.7 Å². The Kier molecular flexibility index (Phi) is 4.01. The molecule has 1 heterocycles. The van der Waals surface area contributed by atoms with E-state index in [1.807, 2.05) is 32.0 Å². The molecule has 1 aromatic heterocycles. The molecule has 0 aliphatic rings. The van der Waals surface area contributed by atoms with Gasteiger partial charge in [-0.1, -0.05) is 11.8 Å². The number of nitrogens with two attached hydrogens (primary N) is 1. The van der Waals surface area contributed by atoms with Crippen molar-refractivity contribution in [1.29, 1.82) is 5.26 Å². The Labute approximate surface area is 117 Å². The van der Waals surface area contributed by atoms with E-state index in [1.165, 1.54) is 0 Å². The minimum absolute atomic E-state index is 0.233. The molecule has 0 fully saturated rings. The molecule has 1 aromatic carbocycles. The average Bonchev–Trinajstić information content (AvgIpc) is 2.76. The normalized spacial score (nSPS) is 11.6. The first-order chi connectivity index (χ1) is 9.00. The maximum atomic E-state index is 8.94. The molecule has 0 aliphatic heterocycles. The lowest BCUT2D eigenvalue weighted by Crippen LogP contribution is -2.07. The maximum Gasteiger partial charge on any atom is 0.166 e. The van der Waals surface area contributed by atoms with E-state index in [0.717, 1.165) is 40.5 Å². The molecule has 0 aliphatic carbocycles. The van der Waals surface area contributed by atoms with Gasteiger partial charge in [-0.25, -0.2) is 4.98 Å². The van der Waals surface area contributed by atoms with Crippen LogP contribution in [-0.4, -0.2) is 15.7 Å². The molecule has 5 heteroatoms. The third-order valence-corrected chi connectivity index (χ3v) is 3.93. The first-order valence-electron chi connectivity index (χ1n) is 6.29. The topological polar surface area (TPSA) is 78.5 Å². The number of nitrogens with zero attached hydrogens (tertiary/aromatic N) is 2. The zero-order valence-electron chi connectivity index (χ0n) is 11.2. The van der Waals surface area contributed by atoms with Gasteiger partial charge in [0.15, 0.2) is 5.16 Å². The third-order valence-electron chi connectivity index (χ3n) is 2.97. The number of nitrogens with one attached hydrogen (secondary N) is 1. The van der Waals surface area contributed by atoms with Crippen LogP contribution in [0.4, 0.5) is 5.69 Å². The van der Waals surface area contributed by atoms with E-state index in [9.17, 15) is 0 Å². The maximum absolute atomic E-state index is 8.94. The van der Waals surface area contributed by atoms with Crippen LogP contribution < -0.4 is 5.73 Å². The number of fused-ring (bicyclic) bond motifs is 1. The van der Waals surface area contributed by atoms with E-state index in [0.29, 0.717) is 0 Å². The predicted molar refractivity (Wildman–Crippen MR) is 79.9 cm³/mol. The highest BCUT2D eigenvalue weighted by Crippen LogP contribution is 2.25. The van der Waals surface area contributed by atoms with Crippen molar-refractivity contribution in [3.8, 4) is 6.07 Å². The van der Waals surface area contributed by atoms with E-state index >= 15 is 0 Å². The lowest BCUT2D eigenvalue weighted by molar-refractivity contribution is 0.447. The van der Waals surface area contributed by atoms with Gasteiger partial charge in [0.25, 0.3) is 0 Å². The molecule has 0 atom stereocenters. The number of anilines is 1. The van der Waals surface area contributed by atoms with Crippen molar-refractivity contribution in [1.82, 2.24) is 9.97 Å². The van der Waals surface area contributed by atoms with Crippen LogP contribution in [0.5, 0.6) is 0 Å². The zero-order valence-corrected chi connectivity index (χ0v) is 12.0. The summed E-state index contributed by atoms with van der Waals surface area (Å²) in [5, 5.41) is 9.86. The monoisotopic (exact) mass is 274 g/mol. The number of imidazole rings is 1. The van der Waals surface area contributed by atoms with Crippen molar-refractivity contribution in [2.24, 2.45) is 5.41 Å². The van der Waals surface area contributed by atoms with Crippen molar-refractivity contribution in [3.05, 3.63) is 18.2 Å². The molecule has 2 rings (SSSR count). The Balaban J connectivity index is 1.90. The molecule has 0 bridgehead atoms. The number of nitriles is 1. The van der Waals surface area contributed by atoms with E-state index in [1.54, 1.807) is 11.8 Å². The quantitative estimate of drug-likeness (QED) is 0.496. The summed E-state index contributed by atoms with van der Waals surface area (Å²) in [7, 11) is 0. The third kappa shape index (κ3) is 3.65. The van der Waals surface area contributed by atoms with Crippen LogP contribution in [0.1, 0.15) is 26.7 Å². The summed E-state index contributed by atoms with van der Waals surface area (Å²) in [6, 6.07) is 7.99. The Morgan fingerprint density at radius 3 is 3.00 bits per heavy atom. The molecule has 0 unspecified atom stereocenters. The van der Waals surface area contributed by atoms with Crippen molar-refractivity contribution in [3.63, 3.8) is 0 Å². The molecule has 2 aromatic rings. The molecule has 0 amide bonds. The fraction of sp³-hybridized carbons (Fsp3) is 0.429. The zero-order chi connectivity index (χ0) is 13.9. The van der Waals surface area contributed by atoms with Gasteiger partial charge in [-0.05, 0) is 44.9 Å². The standard InChI is InChI=1S/C14H18N4S/c1-14(2,9-15)6-3-7-19-13-17-11-5-4-10(16)8-12(11)18-13/h4-5,8H,3,6-7,16H2,1-2H3,(H,17,18). The van der Waals surface area contributed by atoms with Gasteiger partial charge in [0, 0.05) is 11.4 Å². The first-order valence-corrected chi connectivity index (χ1v) is 7.28. The fourth-order valence-electron chi connectivity index (χ4n) is 1.81. The fourth-order valence-corrected chi connectivity index (χ4v) is 2.64. The number of hydrogen-bond acceptors (Lipinski definition) is 4.